The van der Waals surface area contributed by atoms with Crippen LogP contribution in [-0.4, -0.2) is 7.11 Å². The van der Waals surface area contributed by atoms with Gasteiger partial charge in [0, 0.05) is 20.3 Å². The highest BCUT2D eigenvalue weighted by Crippen LogP contribution is 2.37. The van der Waals surface area contributed by atoms with Crippen LogP contribution in [0.25, 0.3) is 9.40 Å². The normalized spacial score (nSPS) is 10.8. The molecule has 0 aliphatic carbocycles. The first-order chi connectivity index (χ1) is 5.83. The Bertz CT molecular complexity index is 321. The Balaban J connectivity index is 2.52. The van der Waals surface area contributed by atoms with Gasteiger partial charge in [-0.3, -0.25) is 0 Å². The van der Waals surface area contributed by atoms with Gasteiger partial charge in [0.1, 0.15) is 0 Å². The Morgan fingerprint density at radius 3 is 2.58 bits per heavy atom. The van der Waals surface area contributed by atoms with Crippen molar-refractivity contribution in [2.24, 2.45) is 0 Å². The number of hydrogen-bond donors (Lipinski definition) is 0. The molecule has 0 aliphatic rings. The predicted octanol–water partition coefficient (Wildman–Crippen LogP) is 3.53. The van der Waals surface area contributed by atoms with Crippen molar-refractivity contribution < 1.29 is 4.74 Å². The summed E-state index contributed by atoms with van der Waals surface area (Å²) in [5.41, 5.74) is 0. The lowest BCUT2D eigenvalue weighted by Crippen LogP contribution is -1.73. The third kappa shape index (κ3) is 1.23. The van der Waals surface area contributed by atoms with Crippen LogP contribution < -0.4 is 4.74 Å². The molecule has 2 heterocycles. The summed E-state index contributed by atoms with van der Waals surface area (Å²) in [5.74, 6) is 0. The maximum Gasteiger partial charge on any atom is 0.175 e. The number of methoxy groups -OCH3 is 1. The Morgan fingerprint density at radius 1 is 1.25 bits per heavy atom. The maximum absolute atomic E-state index is 5.16. The zero-order valence-electron chi connectivity index (χ0n) is 7.09. The number of aryl methyl sites for hydroxylation is 1. The highest BCUT2D eigenvalue weighted by Gasteiger charge is 2.05. The van der Waals surface area contributed by atoms with Gasteiger partial charge < -0.3 is 4.74 Å². The van der Waals surface area contributed by atoms with Crippen molar-refractivity contribution >= 4 is 32.1 Å². The van der Waals surface area contributed by atoms with E-state index in [9.17, 15) is 0 Å². The first-order valence-electron chi connectivity index (χ1n) is 3.89. The van der Waals surface area contributed by atoms with E-state index in [0.717, 1.165) is 11.5 Å². The van der Waals surface area contributed by atoms with Gasteiger partial charge in [-0.2, -0.15) is 0 Å². The fraction of sp³-hybridized carbons (Fsp3) is 0.333. The first-order valence-corrected chi connectivity index (χ1v) is 5.53. The molecule has 1 nitrogen and oxygen atoms in total. The Morgan fingerprint density at radius 2 is 2.00 bits per heavy atom. The van der Waals surface area contributed by atoms with Crippen LogP contribution in [0.3, 0.4) is 0 Å². The Hall–Kier alpha value is -0.540. The summed E-state index contributed by atoms with van der Waals surface area (Å²) in [6, 6.07) is 4.37. The summed E-state index contributed by atoms with van der Waals surface area (Å²) in [7, 11) is 1.72. The van der Waals surface area contributed by atoms with Crippen LogP contribution in [-0.2, 0) is 6.42 Å². The van der Waals surface area contributed by atoms with Crippen LogP contribution >= 0.6 is 22.7 Å². The van der Waals surface area contributed by atoms with Crippen molar-refractivity contribution in [2.45, 2.75) is 13.3 Å². The zero-order valence-corrected chi connectivity index (χ0v) is 8.72. The SMILES string of the molecule is CCc1cc2sc(OC)cc2s1. The molecule has 0 unspecified atom stereocenters. The average molecular weight is 198 g/mol. The lowest BCUT2D eigenvalue weighted by atomic mass is 10.4. The third-order valence-electron chi connectivity index (χ3n) is 1.79. The van der Waals surface area contributed by atoms with Gasteiger partial charge >= 0.3 is 0 Å². The van der Waals surface area contributed by atoms with E-state index >= 15 is 0 Å². The summed E-state index contributed by atoms with van der Waals surface area (Å²) < 4.78 is 7.87. The van der Waals surface area contributed by atoms with Crippen LogP contribution in [0.15, 0.2) is 12.1 Å². The Kier molecular flexibility index (Phi) is 2.07. The fourth-order valence-electron chi connectivity index (χ4n) is 1.14. The number of ether oxygens (including phenoxy) is 1. The molecule has 2 aromatic rings. The second-order valence-electron chi connectivity index (χ2n) is 2.56. The number of fused-ring (bicyclic) bond motifs is 1. The van der Waals surface area contributed by atoms with Gasteiger partial charge in [-0.05, 0) is 12.5 Å². The number of hydrogen-bond acceptors (Lipinski definition) is 3. The molecule has 0 bridgehead atoms. The lowest BCUT2D eigenvalue weighted by Gasteiger charge is -1.88. The smallest absolute Gasteiger partial charge is 0.175 e. The van der Waals surface area contributed by atoms with Crippen molar-refractivity contribution in [1.82, 2.24) is 0 Å². The molecule has 0 N–H and O–H groups in total. The number of thiophene rings is 2. The molecule has 2 aromatic heterocycles. The molecule has 0 atom stereocenters. The summed E-state index contributed by atoms with van der Waals surface area (Å²) >= 11 is 3.59. The third-order valence-corrected chi connectivity index (χ3v) is 4.18. The minimum absolute atomic E-state index is 1.01. The lowest BCUT2D eigenvalue weighted by molar-refractivity contribution is 0.427. The summed E-state index contributed by atoms with van der Waals surface area (Å²) in [5, 5.41) is 1.01. The summed E-state index contributed by atoms with van der Waals surface area (Å²) in [6.45, 7) is 2.19. The van der Waals surface area contributed by atoms with E-state index in [4.69, 9.17) is 4.74 Å². The van der Waals surface area contributed by atoms with Crippen LogP contribution in [0.4, 0.5) is 0 Å². The molecule has 0 amide bonds. The molecule has 2 rings (SSSR count). The van der Waals surface area contributed by atoms with E-state index in [1.807, 2.05) is 11.3 Å². The van der Waals surface area contributed by atoms with E-state index in [2.05, 4.69) is 19.1 Å². The van der Waals surface area contributed by atoms with Crippen molar-refractivity contribution in [1.29, 1.82) is 0 Å². The highest BCUT2D eigenvalue weighted by atomic mass is 32.1. The molecule has 0 radical (unpaired) electrons. The van der Waals surface area contributed by atoms with Crippen LogP contribution in [0.2, 0.25) is 0 Å². The quantitative estimate of drug-likeness (QED) is 0.717. The van der Waals surface area contributed by atoms with Crippen molar-refractivity contribution in [3.05, 3.63) is 17.0 Å². The van der Waals surface area contributed by atoms with Gasteiger partial charge in [-0.15, -0.1) is 11.3 Å². The van der Waals surface area contributed by atoms with E-state index in [-0.39, 0.29) is 0 Å². The van der Waals surface area contributed by atoms with Gasteiger partial charge in [0.25, 0.3) is 0 Å². The van der Waals surface area contributed by atoms with Crippen LogP contribution in [0.1, 0.15) is 11.8 Å². The van der Waals surface area contributed by atoms with Crippen molar-refractivity contribution in [3.8, 4) is 5.06 Å². The molecular weight excluding hydrogens is 188 g/mol. The molecule has 3 heteroatoms. The number of rotatable bonds is 2. The van der Waals surface area contributed by atoms with Gasteiger partial charge in [0.2, 0.25) is 0 Å². The van der Waals surface area contributed by atoms with Crippen LogP contribution in [0.5, 0.6) is 5.06 Å². The Labute approximate surface area is 79.6 Å². The van der Waals surface area contributed by atoms with Gasteiger partial charge in [-0.25, -0.2) is 0 Å². The monoisotopic (exact) mass is 198 g/mol. The molecule has 12 heavy (non-hydrogen) atoms. The molecule has 64 valence electrons. The standard InChI is InChI=1S/C9H10OS2/c1-3-6-4-7-8(11-6)5-9(10-2)12-7/h4-5H,3H2,1-2H3. The van der Waals surface area contributed by atoms with E-state index in [1.165, 1.54) is 14.3 Å². The van der Waals surface area contributed by atoms with E-state index in [1.54, 1.807) is 18.4 Å². The average Bonchev–Trinajstić information content (AvgIpc) is 2.59. The highest BCUT2D eigenvalue weighted by molar-refractivity contribution is 7.28. The molecule has 0 saturated carbocycles. The van der Waals surface area contributed by atoms with E-state index < -0.39 is 0 Å². The summed E-state index contributed by atoms with van der Waals surface area (Å²) in [4.78, 5) is 1.46. The topological polar surface area (TPSA) is 9.23 Å². The molecule has 0 saturated heterocycles. The summed E-state index contributed by atoms with van der Waals surface area (Å²) in [6.07, 6.45) is 1.13. The molecule has 0 fully saturated rings. The van der Waals surface area contributed by atoms with Crippen molar-refractivity contribution in [2.75, 3.05) is 7.11 Å². The van der Waals surface area contributed by atoms with Crippen molar-refractivity contribution in [3.63, 3.8) is 0 Å². The maximum atomic E-state index is 5.16. The van der Waals surface area contributed by atoms with Crippen LogP contribution in [0, 0.1) is 0 Å². The predicted molar refractivity (Wildman–Crippen MR) is 55.6 cm³/mol. The van der Waals surface area contributed by atoms with E-state index in [0.29, 0.717) is 0 Å². The van der Waals surface area contributed by atoms with Gasteiger partial charge in [0.15, 0.2) is 5.06 Å². The van der Waals surface area contributed by atoms with Gasteiger partial charge in [0.05, 0.1) is 7.11 Å². The fourth-order valence-corrected chi connectivity index (χ4v) is 3.30. The second kappa shape index (κ2) is 3.07. The first kappa shape index (κ1) is 8.08. The van der Waals surface area contributed by atoms with Gasteiger partial charge in [-0.1, -0.05) is 18.3 Å². The largest absolute Gasteiger partial charge is 0.487 e. The molecule has 0 aliphatic heterocycles. The minimum atomic E-state index is 1.01. The molecular formula is C9H10OS2. The minimum Gasteiger partial charge on any atom is -0.487 e. The molecule has 0 spiro atoms. The second-order valence-corrected chi connectivity index (χ2v) is 4.78. The zero-order chi connectivity index (χ0) is 8.55. The molecule has 0 aromatic carbocycles.